The van der Waals surface area contributed by atoms with Crippen molar-refractivity contribution in [1.29, 1.82) is 0 Å². The molecule has 0 saturated carbocycles. The summed E-state index contributed by atoms with van der Waals surface area (Å²) in [7, 11) is 1.33. The van der Waals surface area contributed by atoms with Crippen molar-refractivity contribution < 1.29 is 14.3 Å². The zero-order valence-corrected chi connectivity index (χ0v) is 20.3. The number of nitrogens with one attached hydrogen (secondary N) is 2. The Balaban J connectivity index is 1.26. The molecule has 36 heavy (non-hydrogen) atoms. The predicted octanol–water partition coefficient (Wildman–Crippen LogP) is 4.30. The number of hydrogen-bond acceptors (Lipinski definition) is 5. The van der Waals surface area contributed by atoms with E-state index >= 15 is 0 Å². The molecule has 0 spiro atoms. The highest BCUT2D eigenvalue weighted by Gasteiger charge is 2.27. The lowest BCUT2D eigenvalue weighted by atomic mass is 9.96. The van der Waals surface area contributed by atoms with E-state index in [1.54, 1.807) is 0 Å². The van der Waals surface area contributed by atoms with Crippen molar-refractivity contribution in [2.24, 2.45) is 0 Å². The lowest BCUT2D eigenvalue weighted by Crippen LogP contribution is -2.49. The van der Waals surface area contributed by atoms with E-state index in [-0.39, 0.29) is 24.2 Å². The normalized spacial score (nSPS) is 14.7. The van der Waals surface area contributed by atoms with Crippen LogP contribution in [0.5, 0.6) is 0 Å². The number of hydrogen-bond donors (Lipinski definition) is 2. The smallest absolute Gasteiger partial charge is 0.356 e. The topological polar surface area (TPSA) is 77.7 Å². The Morgan fingerprint density at radius 2 is 1.44 bits per heavy atom. The highest BCUT2D eigenvalue weighted by molar-refractivity contribution is 6.11. The summed E-state index contributed by atoms with van der Waals surface area (Å²) in [6.45, 7) is 3.52. The molecule has 2 N–H and O–H groups in total. The van der Waals surface area contributed by atoms with E-state index in [0.717, 1.165) is 37.1 Å². The highest BCUT2D eigenvalue weighted by atomic mass is 16.5. The maximum atomic E-state index is 13.0. The number of carbonyl (C=O) groups is 2. The molecule has 1 aliphatic rings. The summed E-state index contributed by atoms with van der Waals surface area (Å²) in [5.41, 5.74) is 4.03. The van der Waals surface area contributed by atoms with Gasteiger partial charge in [-0.05, 0) is 17.2 Å². The van der Waals surface area contributed by atoms with Crippen LogP contribution in [-0.2, 0) is 9.53 Å². The van der Waals surface area contributed by atoms with E-state index < -0.39 is 5.97 Å². The Bertz CT molecular complexity index is 1290. The van der Waals surface area contributed by atoms with Gasteiger partial charge < -0.3 is 15.0 Å². The third kappa shape index (κ3) is 5.03. The first-order valence-electron chi connectivity index (χ1n) is 12.2. The maximum absolute atomic E-state index is 13.0. The average Bonchev–Trinajstić information content (AvgIpc) is 3.29. The van der Waals surface area contributed by atoms with Crippen molar-refractivity contribution in [3.05, 3.63) is 102 Å². The van der Waals surface area contributed by atoms with Crippen molar-refractivity contribution in [1.82, 2.24) is 14.8 Å². The number of aromatic nitrogens is 1. The lowest BCUT2D eigenvalue weighted by Gasteiger charge is -2.39. The van der Waals surface area contributed by atoms with Gasteiger partial charge in [-0.3, -0.25) is 14.6 Å². The fourth-order valence-electron chi connectivity index (χ4n) is 4.97. The molecule has 1 amide bonds. The number of carbonyl (C=O) groups excluding carboxylic acids is 2. The van der Waals surface area contributed by atoms with Gasteiger partial charge in [0, 0.05) is 37.1 Å². The lowest BCUT2D eigenvalue weighted by molar-refractivity contribution is -0.117. The molecule has 2 heterocycles. The molecule has 0 radical (unpaired) electrons. The molecule has 1 aliphatic heterocycles. The summed E-state index contributed by atoms with van der Waals surface area (Å²) in [6.07, 6.45) is 0. The molecule has 7 heteroatoms. The Morgan fingerprint density at radius 3 is 2.06 bits per heavy atom. The fraction of sp³-hybridized carbons (Fsp3) is 0.241. The minimum absolute atomic E-state index is 0.152. The molecule has 0 atom stereocenters. The van der Waals surface area contributed by atoms with Crippen molar-refractivity contribution in [2.45, 2.75) is 6.04 Å². The zero-order valence-electron chi connectivity index (χ0n) is 20.3. The van der Waals surface area contributed by atoms with E-state index in [1.165, 1.54) is 18.2 Å². The first-order valence-corrected chi connectivity index (χ1v) is 12.2. The Hall–Kier alpha value is -3.94. The molecule has 7 nitrogen and oxygen atoms in total. The predicted molar refractivity (Wildman–Crippen MR) is 141 cm³/mol. The Labute approximate surface area is 210 Å². The van der Waals surface area contributed by atoms with E-state index in [1.807, 2.05) is 36.4 Å². The fourth-order valence-corrected chi connectivity index (χ4v) is 4.97. The number of piperazine rings is 1. The summed E-state index contributed by atoms with van der Waals surface area (Å²) < 4.78 is 4.91. The third-order valence-corrected chi connectivity index (χ3v) is 6.73. The van der Waals surface area contributed by atoms with Gasteiger partial charge >= 0.3 is 5.97 Å². The Kier molecular flexibility index (Phi) is 7.11. The number of anilines is 1. The minimum Gasteiger partial charge on any atom is -0.464 e. The van der Waals surface area contributed by atoms with Gasteiger partial charge in [0.25, 0.3) is 0 Å². The van der Waals surface area contributed by atoms with Gasteiger partial charge in [-0.2, -0.15) is 0 Å². The van der Waals surface area contributed by atoms with Gasteiger partial charge in [0.1, 0.15) is 5.69 Å². The SMILES string of the molecule is COC(=O)c1[nH]c2ccccc2c1NC(=O)CN1CCN(C(c2ccccc2)c2ccccc2)CC1. The van der Waals surface area contributed by atoms with Crippen molar-refractivity contribution in [3.63, 3.8) is 0 Å². The number of amides is 1. The number of rotatable bonds is 7. The molecule has 1 fully saturated rings. The van der Waals surface area contributed by atoms with Crippen LogP contribution >= 0.6 is 0 Å². The van der Waals surface area contributed by atoms with Crippen LogP contribution < -0.4 is 5.32 Å². The van der Waals surface area contributed by atoms with Gasteiger partial charge in [0.05, 0.1) is 25.4 Å². The quantitative estimate of drug-likeness (QED) is 0.384. The van der Waals surface area contributed by atoms with Gasteiger partial charge in [-0.15, -0.1) is 0 Å². The average molecular weight is 483 g/mol. The van der Waals surface area contributed by atoms with Crippen LogP contribution in [0.2, 0.25) is 0 Å². The molecule has 0 bridgehead atoms. The molecule has 1 aromatic heterocycles. The van der Waals surface area contributed by atoms with Crippen LogP contribution in [0.1, 0.15) is 27.7 Å². The second-order valence-electron chi connectivity index (χ2n) is 9.00. The largest absolute Gasteiger partial charge is 0.464 e. The summed E-state index contributed by atoms with van der Waals surface area (Å²) in [5, 5.41) is 3.74. The second kappa shape index (κ2) is 10.8. The van der Waals surface area contributed by atoms with Gasteiger partial charge in [-0.25, -0.2) is 4.79 Å². The van der Waals surface area contributed by atoms with Crippen molar-refractivity contribution in [3.8, 4) is 0 Å². The number of fused-ring (bicyclic) bond motifs is 1. The molecule has 5 rings (SSSR count). The molecule has 4 aromatic rings. The summed E-state index contributed by atoms with van der Waals surface area (Å²) in [4.78, 5) is 33.0. The molecular weight excluding hydrogens is 452 g/mol. The standard InChI is InChI=1S/C29H30N4O3/c1-36-29(35)27-26(23-14-8-9-15-24(23)30-27)31-25(34)20-32-16-18-33(19-17-32)28(21-10-4-2-5-11-21)22-12-6-3-7-13-22/h2-15,28,30H,16-20H2,1H3,(H,31,34). The second-order valence-corrected chi connectivity index (χ2v) is 9.00. The number of aromatic amines is 1. The minimum atomic E-state index is -0.511. The van der Waals surface area contributed by atoms with E-state index in [2.05, 4.69) is 68.6 Å². The van der Waals surface area contributed by atoms with Gasteiger partial charge in [-0.1, -0.05) is 78.9 Å². The molecule has 0 aliphatic carbocycles. The van der Waals surface area contributed by atoms with Crippen molar-refractivity contribution >= 4 is 28.5 Å². The first kappa shape index (κ1) is 23.8. The number of ether oxygens (including phenoxy) is 1. The van der Waals surface area contributed by atoms with Crippen LogP contribution in [0.15, 0.2) is 84.9 Å². The van der Waals surface area contributed by atoms with Crippen LogP contribution in [0.25, 0.3) is 10.9 Å². The summed E-state index contributed by atoms with van der Waals surface area (Å²) >= 11 is 0. The number of methoxy groups -OCH3 is 1. The summed E-state index contributed by atoms with van der Waals surface area (Å²) in [6, 6.07) is 28.8. The van der Waals surface area contributed by atoms with Crippen LogP contribution in [0, 0.1) is 0 Å². The molecular formula is C29H30N4O3. The van der Waals surface area contributed by atoms with E-state index in [4.69, 9.17) is 4.74 Å². The number of H-pyrrole nitrogens is 1. The summed E-state index contributed by atoms with van der Waals surface area (Å²) in [5.74, 6) is -0.663. The number of para-hydroxylation sites is 1. The van der Waals surface area contributed by atoms with Crippen LogP contribution in [-0.4, -0.2) is 66.5 Å². The zero-order chi connectivity index (χ0) is 24.9. The number of benzene rings is 3. The van der Waals surface area contributed by atoms with E-state index in [0.29, 0.717) is 5.69 Å². The Morgan fingerprint density at radius 1 is 0.861 bits per heavy atom. The maximum Gasteiger partial charge on any atom is 0.356 e. The number of nitrogens with zero attached hydrogens (tertiary/aromatic N) is 2. The van der Waals surface area contributed by atoms with Gasteiger partial charge in [0.2, 0.25) is 5.91 Å². The molecule has 1 saturated heterocycles. The van der Waals surface area contributed by atoms with Gasteiger partial charge in [0.15, 0.2) is 0 Å². The van der Waals surface area contributed by atoms with E-state index in [9.17, 15) is 9.59 Å². The van der Waals surface area contributed by atoms with Crippen LogP contribution in [0.4, 0.5) is 5.69 Å². The molecule has 184 valence electrons. The highest BCUT2D eigenvalue weighted by Crippen LogP contribution is 2.30. The third-order valence-electron chi connectivity index (χ3n) is 6.73. The van der Waals surface area contributed by atoms with Crippen molar-refractivity contribution in [2.75, 3.05) is 45.2 Å². The number of esters is 1. The molecule has 3 aromatic carbocycles. The first-order chi connectivity index (χ1) is 17.6. The monoisotopic (exact) mass is 482 g/mol. The molecule has 0 unspecified atom stereocenters. The van der Waals surface area contributed by atoms with Crippen LogP contribution in [0.3, 0.4) is 0 Å².